The molecular formula is C11H14N6O. The summed E-state index contributed by atoms with van der Waals surface area (Å²) in [5.41, 5.74) is 0.303. The highest BCUT2D eigenvalue weighted by atomic mass is 16.1. The Labute approximate surface area is 104 Å². The zero-order valence-corrected chi connectivity index (χ0v) is 10.00. The monoisotopic (exact) mass is 246 g/mol. The minimum Gasteiger partial charge on any atom is -0.367 e. The Bertz CT molecular complexity index is 493. The first-order valence-corrected chi connectivity index (χ1v) is 5.55. The third-order valence-corrected chi connectivity index (χ3v) is 2.36. The number of nitrogens with one attached hydrogen (secondary N) is 2. The second-order valence-electron chi connectivity index (χ2n) is 3.61. The van der Waals surface area contributed by atoms with Crippen molar-refractivity contribution >= 4 is 11.7 Å². The lowest BCUT2D eigenvalue weighted by Gasteiger charge is -2.05. The van der Waals surface area contributed by atoms with E-state index in [1.807, 2.05) is 10.8 Å². The van der Waals surface area contributed by atoms with Crippen LogP contribution in [-0.2, 0) is 6.54 Å². The van der Waals surface area contributed by atoms with Gasteiger partial charge in [0, 0.05) is 32.5 Å². The van der Waals surface area contributed by atoms with E-state index in [-0.39, 0.29) is 5.91 Å². The number of imidazole rings is 1. The van der Waals surface area contributed by atoms with E-state index in [0.717, 1.165) is 6.54 Å². The molecule has 0 spiro atoms. The van der Waals surface area contributed by atoms with Gasteiger partial charge in [0.05, 0.1) is 6.33 Å². The Morgan fingerprint density at radius 2 is 2.28 bits per heavy atom. The van der Waals surface area contributed by atoms with E-state index in [9.17, 15) is 4.79 Å². The summed E-state index contributed by atoms with van der Waals surface area (Å²) in [6.45, 7) is 1.50. The van der Waals surface area contributed by atoms with Crippen molar-refractivity contribution in [2.45, 2.75) is 6.54 Å². The quantitative estimate of drug-likeness (QED) is 0.784. The van der Waals surface area contributed by atoms with Crippen LogP contribution in [0.4, 0.5) is 5.82 Å². The number of carbonyl (C=O) groups is 1. The van der Waals surface area contributed by atoms with Gasteiger partial charge < -0.3 is 15.2 Å². The predicted octanol–water partition coefficient (Wildman–Crippen LogP) is 0.145. The van der Waals surface area contributed by atoms with Crippen molar-refractivity contribution in [2.24, 2.45) is 0 Å². The van der Waals surface area contributed by atoms with Crippen LogP contribution in [0.2, 0.25) is 0 Å². The molecule has 0 fully saturated rings. The normalized spacial score (nSPS) is 10.1. The Morgan fingerprint density at radius 3 is 2.89 bits per heavy atom. The fourth-order valence-corrected chi connectivity index (χ4v) is 1.41. The third kappa shape index (κ3) is 3.03. The van der Waals surface area contributed by atoms with Crippen LogP contribution in [0.3, 0.4) is 0 Å². The number of rotatable bonds is 5. The lowest BCUT2D eigenvalue weighted by molar-refractivity contribution is 0.0957. The van der Waals surface area contributed by atoms with Gasteiger partial charge in [0.25, 0.3) is 5.91 Å². The van der Waals surface area contributed by atoms with Gasteiger partial charge in [-0.3, -0.25) is 4.79 Å². The molecule has 7 heteroatoms. The Balaban J connectivity index is 1.85. The van der Waals surface area contributed by atoms with Crippen LogP contribution < -0.4 is 10.6 Å². The molecule has 2 heterocycles. The third-order valence-electron chi connectivity index (χ3n) is 2.36. The van der Waals surface area contributed by atoms with E-state index >= 15 is 0 Å². The summed E-state index contributed by atoms with van der Waals surface area (Å²) in [6.07, 6.45) is 5.38. The molecule has 0 radical (unpaired) electrons. The second kappa shape index (κ2) is 5.76. The zero-order valence-electron chi connectivity index (χ0n) is 10.00. The topological polar surface area (TPSA) is 84.7 Å². The maximum Gasteiger partial charge on any atom is 0.271 e. The summed E-state index contributed by atoms with van der Waals surface area (Å²) in [5, 5.41) is 13.3. The van der Waals surface area contributed by atoms with Crippen LogP contribution in [0.15, 0.2) is 30.9 Å². The van der Waals surface area contributed by atoms with Crippen LogP contribution in [0.25, 0.3) is 0 Å². The minimum atomic E-state index is -0.243. The van der Waals surface area contributed by atoms with Gasteiger partial charge in [-0.05, 0) is 12.1 Å². The molecule has 18 heavy (non-hydrogen) atoms. The predicted molar refractivity (Wildman–Crippen MR) is 66.1 cm³/mol. The number of carbonyl (C=O) groups excluding carboxylic acids is 1. The lowest BCUT2D eigenvalue weighted by atomic mass is 10.3. The van der Waals surface area contributed by atoms with Crippen LogP contribution in [0, 0.1) is 0 Å². The van der Waals surface area contributed by atoms with Crippen molar-refractivity contribution in [1.82, 2.24) is 25.1 Å². The highest BCUT2D eigenvalue weighted by Gasteiger charge is 2.04. The number of anilines is 1. The van der Waals surface area contributed by atoms with Crippen molar-refractivity contribution in [3.63, 3.8) is 0 Å². The number of hydrogen-bond donors (Lipinski definition) is 2. The number of hydrogen-bond acceptors (Lipinski definition) is 5. The molecule has 7 nitrogen and oxygen atoms in total. The number of nitrogens with zero attached hydrogens (tertiary/aromatic N) is 4. The molecule has 0 aromatic carbocycles. The molecule has 0 saturated heterocycles. The molecule has 2 N–H and O–H groups in total. The largest absolute Gasteiger partial charge is 0.367 e. The van der Waals surface area contributed by atoms with Gasteiger partial charge in [-0.15, -0.1) is 10.2 Å². The first-order chi connectivity index (χ1) is 8.79. The smallest absolute Gasteiger partial charge is 0.271 e. The summed E-state index contributed by atoms with van der Waals surface area (Å²) >= 11 is 0. The minimum absolute atomic E-state index is 0.243. The average Bonchev–Trinajstić information content (AvgIpc) is 2.92. The first kappa shape index (κ1) is 12.0. The van der Waals surface area contributed by atoms with Crippen LogP contribution in [0.5, 0.6) is 0 Å². The maximum absolute atomic E-state index is 11.2. The fourth-order valence-electron chi connectivity index (χ4n) is 1.41. The Morgan fingerprint density at radius 1 is 1.39 bits per heavy atom. The van der Waals surface area contributed by atoms with Crippen LogP contribution in [0.1, 0.15) is 10.5 Å². The van der Waals surface area contributed by atoms with Crippen molar-refractivity contribution < 1.29 is 4.79 Å². The standard InChI is InChI=1S/C11H14N6O/c1-12-11(18)9-2-3-10(16-15-9)14-5-7-17-6-4-13-8-17/h2-4,6,8H,5,7H2,1H3,(H,12,18)(H,14,16). The van der Waals surface area contributed by atoms with E-state index in [1.54, 1.807) is 31.7 Å². The molecule has 2 aromatic rings. The Kier molecular flexibility index (Phi) is 3.85. The maximum atomic E-state index is 11.2. The molecule has 0 atom stereocenters. The van der Waals surface area contributed by atoms with E-state index in [4.69, 9.17) is 0 Å². The summed E-state index contributed by atoms with van der Waals surface area (Å²) in [6, 6.07) is 3.36. The summed E-state index contributed by atoms with van der Waals surface area (Å²) in [7, 11) is 1.56. The van der Waals surface area contributed by atoms with E-state index < -0.39 is 0 Å². The molecule has 2 rings (SSSR count). The molecule has 2 aromatic heterocycles. The van der Waals surface area contributed by atoms with Gasteiger partial charge in [-0.25, -0.2) is 4.98 Å². The summed E-state index contributed by atoms with van der Waals surface area (Å²) in [5.74, 6) is 0.398. The zero-order chi connectivity index (χ0) is 12.8. The van der Waals surface area contributed by atoms with Gasteiger partial charge in [0.1, 0.15) is 5.82 Å². The van der Waals surface area contributed by atoms with Crippen LogP contribution in [-0.4, -0.2) is 39.2 Å². The van der Waals surface area contributed by atoms with Crippen LogP contribution >= 0.6 is 0 Å². The number of amides is 1. The highest BCUT2D eigenvalue weighted by Crippen LogP contribution is 2.01. The van der Waals surface area contributed by atoms with E-state index in [1.165, 1.54) is 0 Å². The highest BCUT2D eigenvalue weighted by molar-refractivity contribution is 5.91. The molecule has 1 amide bonds. The lowest BCUT2D eigenvalue weighted by Crippen LogP contribution is -2.20. The number of aromatic nitrogens is 4. The van der Waals surface area contributed by atoms with Crippen molar-refractivity contribution in [3.8, 4) is 0 Å². The SMILES string of the molecule is CNC(=O)c1ccc(NCCn2ccnc2)nn1. The van der Waals surface area contributed by atoms with Gasteiger partial charge in [0.15, 0.2) is 5.69 Å². The van der Waals surface area contributed by atoms with Gasteiger partial charge in [0.2, 0.25) is 0 Å². The molecule has 0 bridgehead atoms. The van der Waals surface area contributed by atoms with Gasteiger partial charge in [-0.2, -0.15) is 0 Å². The Hall–Kier alpha value is -2.44. The second-order valence-corrected chi connectivity index (χ2v) is 3.61. The van der Waals surface area contributed by atoms with Crippen molar-refractivity contribution in [3.05, 3.63) is 36.5 Å². The fraction of sp³-hybridized carbons (Fsp3) is 0.273. The molecule has 0 aliphatic heterocycles. The molecule has 0 unspecified atom stereocenters. The first-order valence-electron chi connectivity index (χ1n) is 5.55. The molecule has 0 saturated carbocycles. The van der Waals surface area contributed by atoms with E-state index in [2.05, 4.69) is 25.8 Å². The molecule has 94 valence electrons. The molecule has 0 aliphatic rings. The van der Waals surface area contributed by atoms with Crippen molar-refractivity contribution in [1.29, 1.82) is 0 Å². The van der Waals surface area contributed by atoms with Gasteiger partial charge in [-0.1, -0.05) is 0 Å². The average molecular weight is 246 g/mol. The van der Waals surface area contributed by atoms with Crippen molar-refractivity contribution in [2.75, 3.05) is 18.9 Å². The summed E-state index contributed by atoms with van der Waals surface area (Å²) < 4.78 is 1.96. The van der Waals surface area contributed by atoms with E-state index in [0.29, 0.717) is 18.1 Å². The summed E-state index contributed by atoms with van der Waals surface area (Å²) in [4.78, 5) is 15.2. The molecule has 0 aliphatic carbocycles. The van der Waals surface area contributed by atoms with Gasteiger partial charge >= 0.3 is 0 Å². The molecular weight excluding hydrogens is 232 g/mol.